The number of carbonyl (C=O) groups excluding carboxylic acids is 2. The van der Waals surface area contributed by atoms with Gasteiger partial charge in [0.15, 0.2) is 5.13 Å². The summed E-state index contributed by atoms with van der Waals surface area (Å²) in [6.07, 6.45) is 6.18. The van der Waals surface area contributed by atoms with Gasteiger partial charge in [-0.3, -0.25) is 15.1 Å². The number of anilines is 1. The van der Waals surface area contributed by atoms with E-state index in [1.165, 1.54) is 19.4 Å². The smallest absolute Gasteiger partial charge is 0.349 e. The Balaban J connectivity index is 1.73. The van der Waals surface area contributed by atoms with Gasteiger partial charge < -0.3 is 4.74 Å². The van der Waals surface area contributed by atoms with Crippen LogP contribution in [0, 0.1) is 0 Å². The lowest BCUT2D eigenvalue weighted by atomic mass is 10.1. The fraction of sp³-hybridized carbons (Fsp3) is 0.0588. The molecule has 3 rings (SSSR count). The van der Waals surface area contributed by atoms with Gasteiger partial charge >= 0.3 is 5.97 Å². The Labute approximate surface area is 141 Å². The molecule has 0 aliphatic heterocycles. The predicted molar refractivity (Wildman–Crippen MR) is 92.9 cm³/mol. The average Bonchev–Trinajstić information content (AvgIpc) is 3.07. The number of carbonyl (C=O) groups is 2. The Morgan fingerprint density at radius 1 is 1.21 bits per heavy atom. The number of para-hydroxylation sites is 1. The van der Waals surface area contributed by atoms with E-state index >= 15 is 0 Å². The molecule has 0 fully saturated rings. The van der Waals surface area contributed by atoms with Crippen LogP contribution in [0.2, 0.25) is 0 Å². The van der Waals surface area contributed by atoms with Crippen LogP contribution >= 0.6 is 11.3 Å². The van der Waals surface area contributed by atoms with Gasteiger partial charge in [-0.2, -0.15) is 0 Å². The van der Waals surface area contributed by atoms with Crippen molar-refractivity contribution < 1.29 is 14.3 Å². The number of benzene rings is 1. The number of esters is 1. The Morgan fingerprint density at radius 3 is 2.88 bits per heavy atom. The van der Waals surface area contributed by atoms with Crippen LogP contribution in [0.4, 0.5) is 5.13 Å². The van der Waals surface area contributed by atoms with Crippen molar-refractivity contribution in [2.75, 3.05) is 12.4 Å². The number of nitrogens with one attached hydrogen (secondary N) is 1. The van der Waals surface area contributed by atoms with E-state index < -0.39 is 5.97 Å². The highest BCUT2D eigenvalue weighted by Crippen LogP contribution is 2.19. The van der Waals surface area contributed by atoms with Crippen molar-refractivity contribution in [1.82, 2.24) is 9.97 Å². The first-order valence-corrected chi connectivity index (χ1v) is 7.86. The third-order valence-electron chi connectivity index (χ3n) is 3.20. The van der Waals surface area contributed by atoms with Gasteiger partial charge in [-0.05, 0) is 12.1 Å². The highest BCUT2D eigenvalue weighted by Gasteiger charge is 2.11. The first-order valence-electron chi connectivity index (χ1n) is 7.04. The van der Waals surface area contributed by atoms with Crippen molar-refractivity contribution in [3.63, 3.8) is 0 Å². The summed E-state index contributed by atoms with van der Waals surface area (Å²) in [6, 6.07) is 9.58. The first kappa shape index (κ1) is 15.8. The number of ether oxygens (including phenoxy) is 1. The van der Waals surface area contributed by atoms with Crippen molar-refractivity contribution in [2.24, 2.45) is 0 Å². The summed E-state index contributed by atoms with van der Waals surface area (Å²) < 4.78 is 4.60. The van der Waals surface area contributed by atoms with E-state index in [2.05, 4.69) is 20.0 Å². The van der Waals surface area contributed by atoms with E-state index in [9.17, 15) is 9.59 Å². The predicted octanol–water partition coefficient (Wildman–Crippen LogP) is 3.13. The van der Waals surface area contributed by atoms with Crippen molar-refractivity contribution in [2.45, 2.75) is 0 Å². The molecule has 0 aliphatic rings. The molecule has 120 valence electrons. The molecule has 0 unspecified atom stereocenters. The summed E-state index contributed by atoms with van der Waals surface area (Å²) in [5.74, 6) is -0.820. The zero-order chi connectivity index (χ0) is 16.9. The topological polar surface area (TPSA) is 81.2 Å². The van der Waals surface area contributed by atoms with E-state index in [1.54, 1.807) is 12.3 Å². The van der Waals surface area contributed by atoms with Crippen LogP contribution in [0.25, 0.3) is 17.0 Å². The van der Waals surface area contributed by atoms with Gasteiger partial charge in [-0.1, -0.05) is 35.6 Å². The number of nitrogens with zero attached hydrogens (tertiary/aromatic N) is 2. The summed E-state index contributed by atoms with van der Waals surface area (Å²) in [5.41, 5.74) is 1.67. The molecule has 0 saturated carbocycles. The third-order valence-corrected chi connectivity index (χ3v) is 4.09. The molecule has 0 saturated heterocycles. The number of rotatable bonds is 4. The van der Waals surface area contributed by atoms with Gasteiger partial charge in [0.05, 0.1) is 18.8 Å². The molecule has 7 heteroatoms. The van der Waals surface area contributed by atoms with E-state index in [4.69, 9.17) is 0 Å². The molecular weight excluding hydrogens is 326 g/mol. The average molecular weight is 339 g/mol. The van der Waals surface area contributed by atoms with Gasteiger partial charge in [0, 0.05) is 23.2 Å². The van der Waals surface area contributed by atoms with E-state index in [0.717, 1.165) is 27.8 Å². The van der Waals surface area contributed by atoms with E-state index in [1.807, 2.05) is 30.3 Å². The van der Waals surface area contributed by atoms with Crippen molar-refractivity contribution in [3.8, 4) is 0 Å². The zero-order valence-corrected chi connectivity index (χ0v) is 13.5. The molecule has 2 aromatic heterocycles. The minimum Gasteiger partial charge on any atom is -0.465 e. The highest BCUT2D eigenvalue weighted by molar-refractivity contribution is 7.17. The second-order valence-corrected chi connectivity index (χ2v) is 5.80. The molecule has 0 atom stereocenters. The van der Waals surface area contributed by atoms with Crippen LogP contribution in [0.15, 0.2) is 48.8 Å². The maximum atomic E-state index is 12.0. The second kappa shape index (κ2) is 7.01. The summed E-state index contributed by atoms with van der Waals surface area (Å²) in [6.45, 7) is 0. The fourth-order valence-corrected chi connectivity index (χ4v) is 2.84. The number of pyridine rings is 1. The lowest BCUT2D eigenvalue weighted by Gasteiger charge is -2.00. The summed E-state index contributed by atoms with van der Waals surface area (Å²) >= 11 is 1.05. The fourth-order valence-electron chi connectivity index (χ4n) is 2.10. The monoisotopic (exact) mass is 339 g/mol. The Kier molecular flexibility index (Phi) is 4.62. The quantitative estimate of drug-likeness (QED) is 0.583. The molecule has 0 bridgehead atoms. The van der Waals surface area contributed by atoms with Crippen LogP contribution in [0.3, 0.4) is 0 Å². The van der Waals surface area contributed by atoms with Gasteiger partial charge in [-0.15, -0.1) is 0 Å². The molecular formula is C17H13N3O3S. The van der Waals surface area contributed by atoms with Crippen LogP contribution in [0.5, 0.6) is 0 Å². The molecule has 0 aliphatic carbocycles. The van der Waals surface area contributed by atoms with Gasteiger partial charge in [0.1, 0.15) is 4.88 Å². The van der Waals surface area contributed by atoms with Crippen LogP contribution in [0.1, 0.15) is 15.2 Å². The summed E-state index contributed by atoms with van der Waals surface area (Å²) in [5, 5.41) is 3.95. The number of hydrogen-bond donors (Lipinski definition) is 1. The summed E-state index contributed by atoms with van der Waals surface area (Å²) in [7, 11) is 1.29. The van der Waals surface area contributed by atoms with Crippen LogP contribution in [-0.2, 0) is 9.53 Å². The Morgan fingerprint density at radius 2 is 2.04 bits per heavy atom. The maximum absolute atomic E-state index is 12.0. The number of methoxy groups -OCH3 is 1. The number of thiazole rings is 1. The van der Waals surface area contributed by atoms with Gasteiger partial charge in [-0.25, -0.2) is 9.78 Å². The standard InChI is InChI=1S/C17H13N3O3S/c1-23-16(22)13-10-19-17(24-13)20-14(21)8-7-12-5-2-4-11-6-3-9-18-15(11)12/h2-10H,1H3,(H,19,20,21)/b8-7+. The van der Waals surface area contributed by atoms with E-state index in [-0.39, 0.29) is 5.91 Å². The molecule has 1 aromatic carbocycles. The van der Waals surface area contributed by atoms with E-state index in [0.29, 0.717) is 10.0 Å². The number of hydrogen-bond acceptors (Lipinski definition) is 6. The highest BCUT2D eigenvalue weighted by atomic mass is 32.1. The third kappa shape index (κ3) is 3.47. The molecule has 0 radical (unpaired) electrons. The molecule has 6 nitrogen and oxygen atoms in total. The molecule has 2 heterocycles. The minimum absolute atomic E-state index is 0.329. The zero-order valence-electron chi connectivity index (χ0n) is 12.7. The Hall–Kier alpha value is -3.06. The van der Waals surface area contributed by atoms with Crippen molar-refractivity contribution in [3.05, 3.63) is 59.2 Å². The molecule has 0 spiro atoms. The normalized spacial score (nSPS) is 10.9. The minimum atomic E-state index is -0.481. The number of amides is 1. The van der Waals surface area contributed by atoms with Gasteiger partial charge in [0.25, 0.3) is 0 Å². The largest absolute Gasteiger partial charge is 0.465 e. The van der Waals surface area contributed by atoms with Crippen molar-refractivity contribution >= 4 is 45.3 Å². The first-order chi connectivity index (χ1) is 11.7. The summed E-state index contributed by atoms with van der Waals surface area (Å²) in [4.78, 5) is 32.0. The van der Waals surface area contributed by atoms with Gasteiger partial charge in [0.2, 0.25) is 5.91 Å². The number of aromatic nitrogens is 2. The second-order valence-electron chi connectivity index (χ2n) is 4.77. The molecule has 1 amide bonds. The molecule has 3 aromatic rings. The Bertz CT molecular complexity index is 928. The van der Waals surface area contributed by atoms with Crippen molar-refractivity contribution in [1.29, 1.82) is 0 Å². The molecule has 24 heavy (non-hydrogen) atoms. The maximum Gasteiger partial charge on any atom is 0.349 e. The SMILES string of the molecule is COC(=O)c1cnc(NC(=O)/C=C/c2cccc3cccnc23)s1. The number of fused-ring (bicyclic) bond motifs is 1. The lowest BCUT2D eigenvalue weighted by Crippen LogP contribution is -2.07. The lowest BCUT2D eigenvalue weighted by molar-refractivity contribution is -0.111. The molecule has 1 N–H and O–H groups in total. The van der Waals surface area contributed by atoms with Crippen LogP contribution in [-0.4, -0.2) is 29.0 Å². The van der Waals surface area contributed by atoms with Crippen LogP contribution < -0.4 is 5.32 Å².